The van der Waals surface area contributed by atoms with Crippen LogP contribution in [0.5, 0.6) is 0 Å². The molecule has 3 aromatic carbocycles. The molecule has 7 nitrogen and oxygen atoms in total. The van der Waals surface area contributed by atoms with Gasteiger partial charge in [-0.25, -0.2) is 8.42 Å². The second-order valence-corrected chi connectivity index (χ2v) is 10.5. The van der Waals surface area contributed by atoms with Gasteiger partial charge in [0.05, 0.1) is 23.0 Å². The average molecular weight is 572 g/mol. The number of aromatic nitrogens is 2. The van der Waals surface area contributed by atoms with E-state index in [2.05, 4.69) is 34.7 Å². The molecular formula is C20H13BrCl2N4O3S2. The molecule has 0 unspecified atom stereocenters. The first-order chi connectivity index (χ1) is 15.3. The van der Waals surface area contributed by atoms with Crippen LogP contribution in [0.3, 0.4) is 0 Å². The van der Waals surface area contributed by atoms with Gasteiger partial charge in [-0.05, 0) is 42.5 Å². The highest BCUT2D eigenvalue weighted by Gasteiger charge is 2.23. The van der Waals surface area contributed by atoms with E-state index >= 15 is 0 Å². The number of amides is 1. The Labute approximate surface area is 206 Å². The summed E-state index contributed by atoms with van der Waals surface area (Å²) in [5.74, 6) is -0.500. The van der Waals surface area contributed by atoms with E-state index < -0.39 is 15.9 Å². The topological polar surface area (TPSA) is 101 Å². The first kappa shape index (κ1) is 22.9. The summed E-state index contributed by atoms with van der Waals surface area (Å²) in [5.41, 5.74) is 1.53. The Morgan fingerprint density at radius 2 is 1.75 bits per heavy atom. The standard InChI is InChI=1S/C20H13BrCl2N4O3S2/c21-11-7-8-12(20(28)24-10-13-14(22)3-1-4-15(13)23)17(9-11)27-32(29,30)18-6-2-5-16-19(18)26-31-25-16/h1-9,27H,10H2,(H,24,28). The van der Waals surface area contributed by atoms with Crippen molar-refractivity contribution in [2.45, 2.75) is 11.4 Å². The highest BCUT2D eigenvalue weighted by molar-refractivity contribution is 9.10. The van der Waals surface area contributed by atoms with Crippen LogP contribution in [0.1, 0.15) is 15.9 Å². The normalized spacial score (nSPS) is 11.5. The van der Waals surface area contributed by atoms with Crippen molar-refractivity contribution in [3.8, 4) is 0 Å². The Morgan fingerprint density at radius 1 is 1.03 bits per heavy atom. The van der Waals surface area contributed by atoms with Crippen molar-refractivity contribution in [1.29, 1.82) is 0 Å². The number of hydrogen-bond acceptors (Lipinski definition) is 6. The van der Waals surface area contributed by atoms with Crippen LogP contribution < -0.4 is 10.0 Å². The third-order valence-electron chi connectivity index (χ3n) is 4.50. The lowest BCUT2D eigenvalue weighted by Gasteiger charge is -2.14. The molecule has 164 valence electrons. The number of anilines is 1. The largest absolute Gasteiger partial charge is 0.348 e. The minimum atomic E-state index is -4.05. The fourth-order valence-electron chi connectivity index (χ4n) is 2.96. The van der Waals surface area contributed by atoms with E-state index in [0.717, 1.165) is 11.7 Å². The monoisotopic (exact) mass is 570 g/mol. The predicted molar refractivity (Wildman–Crippen MR) is 130 cm³/mol. The molecule has 12 heteroatoms. The molecule has 0 aliphatic carbocycles. The number of nitrogens with zero attached hydrogens (tertiary/aromatic N) is 2. The van der Waals surface area contributed by atoms with Crippen LogP contribution >= 0.6 is 50.9 Å². The molecule has 32 heavy (non-hydrogen) atoms. The predicted octanol–water partition coefficient (Wildman–Crippen LogP) is 5.49. The molecule has 0 bridgehead atoms. The minimum Gasteiger partial charge on any atom is -0.348 e. The smallest absolute Gasteiger partial charge is 0.264 e. The molecule has 0 saturated heterocycles. The van der Waals surface area contributed by atoms with E-state index in [1.165, 1.54) is 18.2 Å². The number of halogens is 3. The van der Waals surface area contributed by atoms with Gasteiger partial charge in [0.15, 0.2) is 0 Å². The van der Waals surface area contributed by atoms with Crippen molar-refractivity contribution in [2.75, 3.05) is 4.72 Å². The molecule has 0 aliphatic heterocycles. The zero-order chi connectivity index (χ0) is 22.9. The van der Waals surface area contributed by atoms with E-state index in [-0.39, 0.29) is 28.2 Å². The molecule has 0 atom stereocenters. The summed E-state index contributed by atoms with van der Waals surface area (Å²) in [5, 5.41) is 3.56. The number of nitrogens with one attached hydrogen (secondary N) is 2. The highest BCUT2D eigenvalue weighted by atomic mass is 79.9. The molecule has 1 amide bonds. The Morgan fingerprint density at radius 3 is 2.50 bits per heavy atom. The Kier molecular flexibility index (Phi) is 6.68. The lowest BCUT2D eigenvalue weighted by molar-refractivity contribution is 0.0952. The molecule has 0 saturated carbocycles. The summed E-state index contributed by atoms with van der Waals surface area (Å²) in [4.78, 5) is 12.9. The van der Waals surface area contributed by atoms with Crippen molar-refractivity contribution >= 4 is 83.5 Å². The lowest BCUT2D eigenvalue weighted by Crippen LogP contribution is -2.25. The van der Waals surface area contributed by atoms with Crippen LogP contribution in [-0.4, -0.2) is 23.1 Å². The van der Waals surface area contributed by atoms with Gasteiger partial charge in [-0.15, -0.1) is 0 Å². The van der Waals surface area contributed by atoms with Gasteiger partial charge in [0.1, 0.15) is 15.9 Å². The number of benzene rings is 3. The summed E-state index contributed by atoms with van der Waals surface area (Å²) < 4.78 is 37.5. The van der Waals surface area contributed by atoms with Crippen LogP contribution in [0, 0.1) is 0 Å². The molecular weight excluding hydrogens is 559 g/mol. The first-order valence-electron chi connectivity index (χ1n) is 9.01. The first-order valence-corrected chi connectivity index (χ1v) is 12.8. The van der Waals surface area contributed by atoms with E-state index in [1.807, 2.05) is 0 Å². The third-order valence-corrected chi connectivity index (χ3v) is 7.64. The molecule has 4 aromatic rings. The molecule has 1 heterocycles. The van der Waals surface area contributed by atoms with E-state index in [1.54, 1.807) is 36.4 Å². The SMILES string of the molecule is O=C(NCc1c(Cl)cccc1Cl)c1ccc(Br)cc1NS(=O)(=O)c1cccc2nsnc12. The van der Waals surface area contributed by atoms with Crippen molar-refractivity contribution in [3.05, 3.63) is 80.2 Å². The zero-order valence-electron chi connectivity index (χ0n) is 16.0. The second-order valence-electron chi connectivity index (χ2n) is 6.57. The van der Waals surface area contributed by atoms with Crippen LogP contribution in [0.4, 0.5) is 5.69 Å². The molecule has 0 fully saturated rings. The molecule has 0 radical (unpaired) electrons. The van der Waals surface area contributed by atoms with Crippen LogP contribution in [-0.2, 0) is 16.6 Å². The fraction of sp³-hybridized carbons (Fsp3) is 0.0500. The maximum absolute atomic E-state index is 13.1. The second kappa shape index (κ2) is 9.32. The molecule has 2 N–H and O–H groups in total. The van der Waals surface area contributed by atoms with Crippen molar-refractivity contribution < 1.29 is 13.2 Å². The van der Waals surface area contributed by atoms with Gasteiger partial charge in [-0.1, -0.05) is 51.3 Å². The summed E-state index contributed by atoms with van der Waals surface area (Å²) in [7, 11) is -4.05. The van der Waals surface area contributed by atoms with E-state index in [4.69, 9.17) is 23.2 Å². The van der Waals surface area contributed by atoms with Gasteiger partial charge in [0, 0.05) is 26.6 Å². The molecule has 0 aliphatic rings. The minimum absolute atomic E-state index is 0.0297. The van der Waals surface area contributed by atoms with Crippen molar-refractivity contribution in [1.82, 2.24) is 14.1 Å². The molecule has 4 rings (SSSR count). The third kappa shape index (κ3) is 4.74. The molecule has 0 spiro atoms. The quantitative estimate of drug-likeness (QED) is 0.318. The Hall–Kier alpha value is -2.24. The van der Waals surface area contributed by atoms with Crippen molar-refractivity contribution in [3.63, 3.8) is 0 Å². The van der Waals surface area contributed by atoms with Gasteiger partial charge >= 0.3 is 0 Å². The van der Waals surface area contributed by atoms with Gasteiger partial charge in [-0.2, -0.15) is 8.75 Å². The number of rotatable bonds is 6. The summed E-state index contributed by atoms with van der Waals surface area (Å²) in [6.07, 6.45) is 0. The summed E-state index contributed by atoms with van der Waals surface area (Å²) >= 11 is 16.6. The van der Waals surface area contributed by atoms with Gasteiger partial charge in [0.25, 0.3) is 15.9 Å². The van der Waals surface area contributed by atoms with Gasteiger partial charge in [-0.3, -0.25) is 9.52 Å². The molecule has 1 aromatic heterocycles. The van der Waals surface area contributed by atoms with Crippen LogP contribution in [0.25, 0.3) is 11.0 Å². The van der Waals surface area contributed by atoms with Crippen molar-refractivity contribution in [2.24, 2.45) is 0 Å². The van der Waals surface area contributed by atoms with Crippen LogP contribution in [0.15, 0.2) is 64.0 Å². The Bertz CT molecular complexity index is 1420. The Balaban J connectivity index is 1.64. The summed E-state index contributed by atoms with van der Waals surface area (Å²) in [6, 6.07) is 14.4. The fourth-order valence-corrected chi connectivity index (χ4v) is 5.69. The van der Waals surface area contributed by atoms with E-state index in [0.29, 0.717) is 25.6 Å². The summed E-state index contributed by atoms with van der Waals surface area (Å²) in [6.45, 7) is 0.0728. The highest BCUT2D eigenvalue weighted by Crippen LogP contribution is 2.28. The number of fused-ring (bicyclic) bond motifs is 1. The maximum Gasteiger partial charge on any atom is 0.264 e. The number of carbonyl (C=O) groups excluding carboxylic acids is 1. The zero-order valence-corrected chi connectivity index (χ0v) is 20.7. The average Bonchev–Trinajstić information content (AvgIpc) is 3.22. The number of sulfonamides is 1. The number of hydrogen-bond donors (Lipinski definition) is 2. The van der Waals surface area contributed by atoms with Gasteiger partial charge in [0.2, 0.25) is 0 Å². The number of carbonyl (C=O) groups is 1. The van der Waals surface area contributed by atoms with Gasteiger partial charge < -0.3 is 5.32 Å². The van der Waals surface area contributed by atoms with Crippen LogP contribution in [0.2, 0.25) is 10.0 Å². The maximum atomic E-state index is 13.1. The lowest BCUT2D eigenvalue weighted by atomic mass is 10.1. The van der Waals surface area contributed by atoms with E-state index in [9.17, 15) is 13.2 Å².